The zero-order chi connectivity index (χ0) is 35.4. The molecule has 9 rings (SSSR count). The number of aromatic amines is 1. The third kappa shape index (κ3) is 5.61. The van der Waals surface area contributed by atoms with Crippen molar-refractivity contribution in [2.45, 2.75) is 26.2 Å². The fourth-order valence-electron chi connectivity index (χ4n) is 7.73. The van der Waals surface area contributed by atoms with Gasteiger partial charge in [0, 0.05) is 66.2 Å². The van der Waals surface area contributed by atoms with E-state index >= 15 is 0 Å². The minimum atomic E-state index is -0.224. The molecule has 11 heteroatoms. The Bertz CT molecular complexity index is 2410. The van der Waals surface area contributed by atoms with Crippen molar-refractivity contribution in [1.29, 1.82) is 5.26 Å². The van der Waals surface area contributed by atoms with Crippen molar-refractivity contribution in [2.75, 3.05) is 48.0 Å². The number of aryl methyl sites for hydroxylation is 1. The zero-order valence-electron chi connectivity index (χ0n) is 28.6. The number of thiophene rings is 1. The van der Waals surface area contributed by atoms with Crippen LogP contribution in [0.5, 0.6) is 0 Å². The van der Waals surface area contributed by atoms with Crippen LogP contribution in [0, 0.1) is 23.7 Å². The highest BCUT2D eigenvalue weighted by Gasteiger charge is 2.45. The Kier molecular flexibility index (Phi) is 7.87. The molecule has 2 fully saturated rings. The topological polar surface area (TPSA) is 127 Å². The molecule has 0 aliphatic carbocycles. The number of anilines is 3. The average Bonchev–Trinajstić information content (AvgIpc) is 3.76. The molecule has 6 aromatic rings. The van der Waals surface area contributed by atoms with Crippen LogP contribution in [0.2, 0.25) is 0 Å². The summed E-state index contributed by atoms with van der Waals surface area (Å²) in [6, 6.07) is 26.9. The van der Waals surface area contributed by atoms with Crippen LogP contribution in [0.25, 0.3) is 32.2 Å². The van der Waals surface area contributed by atoms with Gasteiger partial charge in [-0.1, -0.05) is 24.3 Å². The minimum absolute atomic E-state index is 0.105. The van der Waals surface area contributed by atoms with Crippen LogP contribution in [-0.2, 0) is 11.2 Å². The number of pyridine rings is 1. The largest absolute Gasteiger partial charge is 0.381 e. The van der Waals surface area contributed by atoms with E-state index in [2.05, 4.69) is 38.4 Å². The van der Waals surface area contributed by atoms with E-state index in [1.165, 1.54) is 0 Å². The van der Waals surface area contributed by atoms with Crippen LogP contribution in [0.3, 0.4) is 0 Å². The number of benzene rings is 3. The molecule has 3 aromatic heterocycles. The molecule has 258 valence electrons. The molecular weight excluding hydrogens is 671 g/mol. The zero-order valence-corrected chi connectivity index (χ0v) is 29.4. The second-order valence-electron chi connectivity index (χ2n) is 14.0. The normalized spacial score (nSPS) is 16.1. The van der Waals surface area contributed by atoms with Gasteiger partial charge in [0.25, 0.3) is 11.8 Å². The number of hydrogen-bond donors (Lipinski definition) is 2. The molecule has 3 aromatic carbocycles. The summed E-state index contributed by atoms with van der Waals surface area (Å²) >= 11 is 1.64. The number of carbonyl (C=O) groups is 2. The number of ether oxygens (including phenoxy) is 1. The predicted molar refractivity (Wildman–Crippen MR) is 203 cm³/mol. The molecular formula is C41H35N7O3S. The SMILES string of the molecule is Cc1cnc(N2CC3(CCOCC3)C2)c(C(=O)Nc2ccc(C(=O)N3CCc4cc(-c5nc6cccc(C#N)c6[nH]5)sc4-c4ccccc43)cc2)c1. The first kappa shape index (κ1) is 32.1. The molecule has 52 heavy (non-hydrogen) atoms. The van der Waals surface area contributed by atoms with Crippen molar-refractivity contribution < 1.29 is 14.3 Å². The lowest BCUT2D eigenvalue weighted by molar-refractivity contribution is -0.000510. The molecule has 0 bridgehead atoms. The fraction of sp³-hybridized carbons (Fsp3) is 0.244. The Hall–Kier alpha value is -5.83. The van der Waals surface area contributed by atoms with Gasteiger partial charge in [-0.25, -0.2) is 9.97 Å². The number of imidazole rings is 1. The Morgan fingerprint density at radius 2 is 1.83 bits per heavy atom. The summed E-state index contributed by atoms with van der Waals surface area (Å²) in [5.74, 6) is 1.11. The van der Waals surface area contributed by atoms with Crippen molar-refractivity contribution in [3.8, 4) is 27.2 Å². The van der Waals surface area contributed by atoms with Gasteiger partial charge in [-0.05, 0) is 91.9 Å². The fourth-order valence-corrected chi connectivity index (χ4v) is 8.92. The molecule has 6 heterocycles. The Labute approximate surface area is 304 Å². The molecule has 0 unspecified atom stereocenters. The van der Waals surface area contributed by atoms with E-state index < -0.39 is 0 Å². The summed E-state index contributed by atoms with van der Waals surface area (Å²) in [7, 11) is 0. The minimum Gasteiger partial charge on any atom is -0.381 e. The lowest BCUT2D eigenvalue weighted by atomic mass is 9.73. The Morgan fingerprint density at radius 3 is 2.63 bits per heavy atom. The summed E-state index contributed by atoms with van der Waals surface area (Å²) in [5.41, 5.74) is 7.90. The molecule has 2 saturated heterocycles. The van der Waals surface area contributed by atoms with Crippen LogP contribution in [-0.4, -0.2) is 59.6 Å². The quantitative estimate of drug-likeness (QED) is 0.189. The molecule has 10 nitrogen and oxygen atoms in total. The Morgan fingerprint density at radius 1 is 1.02 bits per heavy atom. The number of fused-ring (bicyclic) bond motifs is 4. The molecule has 2 amide bonds. The number of nitriles is 1. The van der Waals surface area contributed by atoms with Gasteiger partial charge in [-0.15, -0.1) is 11.3 Å². The van der Waals surface area contributed by atoms with Crippen molar-refractivity contribution in [3.63, 3.8) is 0 Å². The number of H-pyrrole nitrogens is 1. The second-order valence-corrected chi connectivity index (χ2v) is 15.0. The first-order valence-corrected chi connectivity index (χ1v) is 18.3. The Balaban J connectivity index is 0.930. The van der Waals surface area contributed by atoms with Gasteiger partial charge in [0.15, 0.2) is 0 Å². The van der Waals surface area contributed by atoms with Crippen LogP contribution < -0.4 is 15.1 Å². The molecule has 1 spiro atoms. The molecule has 3 aliphatic heterocycles. The summed E-state index contributed by atoms with van der Waals surface area (Å²) in [4.78, 5) is 46.7. The number of hydrogen-bond acceptors (Lipinski definition) is 8. The van der Waals surface area contributed by atoms with Gasteiger partial charge in [-0.2, -0.15) is 5.26 Å². The first-order chi connectivity index (χ1) is 25.4. The maximum absolute atomic E-state index is 14.1. The van der Waals surface area contributed by atoms with Gasteiger partial charge in [0.2, 0.25) is 0 Å². The van der Waals surface area contributed by atoms with Gasteiger partial charge >= 0.3 is 0 Å². The van der Waals surface area contributed by atoms with Crippen molar-refractivity contribution >= 4 is 51.4 Å². The second kappa shape index (κ2) is 12.7. The van der Waals surface area contributed by atoms with Crippen molar-refractivity contribution in [3.05, 3.63) is 113 Å². The van der Waals surface area contributed by atoms with E-state index in [1.54, 1.807) is 41.7 Å². The summed E-state index contributed by atoms with van der Waals surface area (Å²) in [5, 5.41) is 12.6. The monoisotopic (exact) mass is 705 g/mol. The molecule has 0 atom stereocenters. The average molecular weight is 706 g/mol. The maximum Gasteiger partial charge on any atom is 0.259 e. The van der Waals surface area contributed by atoms with E-state index in [9.17, 15) is 14.9 Å². The highest BCUT2D eigenvalue weighted by Crippen LogP contribution is 2.45. The van der Waals surface area contributed by atoms with Gasteiger partial charge in [0.05, 0.1) is 32.7 Å². The predicted octanol–water partition coefficient (Wildman–Crippen LogP) is 7.61. The number of para-hydroxylation sites is 2. The highest BCUT2D eigenvalue weighted by molar-refractivity contribution is 7.19. The van der Waals surface area contributed by atoms with Crippen molar-refractivity contribution in [1.82, 2.24) is 15.0 Å². The first-order valence-electron chi connectivity index (χ1n) is 17.5. The molecule has 0 saturated carbocycles. The lowest BCUT2D eigenvalue weighted by Crippen LogP contribution is -2.59. The highest BCUT2D eigenvalue weighted by atomic mass is 32.1. The number of carbonyl (C=O) groups excluding carboxylic acids is 2. The summed E-state index contributed by atoms with van der Waals surface area (Å²) in [6.45, 7) is 5.78. The summed E-state index contributed by atoms with van der Waals surface area (Å²) < 4.78 is 5.57. The maximum atomic E-state index is 14.1. The smallest absolute Gasteiger partial charge is 0.259 e. The van der Waals surface area contributed by atoms with E-state index in [0.29, 0.717) is 41.2 Å². The van der Waals surface area contributed by atoms with Gasteiger partial charge < -0.3 is 24.8 Å². The van der Waals surface area contributed by atoms with E-state index in [0.717, 1.165) is 88.1 Å². The molecule has 2 N–H and O–H groups in total. The standard InChI is InChI=1S/C41H35N7O3S/c1-25-19-31(38(43-22-25)47-23-41(24-47)14-17-51-18-15-41)39(49)44-29-11-9-26(10-12-29)40(50)48-16-13-27-20-34(52-36(27)30-6-2-3-8-33(30)48)37-45-32-7-4-5-28(21-42)35(32)46-37/h2-12,19-20,22H,13-18,23-24H2,1H3,(H,44,49)(H,45,46). The van der Waals surface area contributed by atoms with Crippen LogP contribution >= 0.6 is 11.3 Å². The number of nitrogens with one attached hydrogen (secondary N) is 2. The van der Waals surface area contributed by atoms with E-state index in [4.69, 9.17) is 9.72 Å². The van der Waals surface area contributed by atoms with Crippen LogP contribution in [0.4, 0.5) is 17.2 Å². The molecule has 0 radical (unpaired) electrons. The van der Waals surface area contributed by atoms with E-state index in [1.807, 2.05) is 54.4 Å². The lowest BCUT2D eigenvalue weighted by Gasteiger charge is -2.53. The van der Waals surface area contributed by atoms with Gasteiger partial charge in [-0.3, -0.25) is 9.59 Å². The third-order valence-electron chi connectivity index (χ3n) is 10.5. The van der Waals surface area contributed by atoms with E-state index in [-0.39, 0.29) is 17.2 Å². The number of aromatic nitrogens is 3. The summed E-state index contributed by atoms with van der Waals surface area (Å²) in [6.07, 6.45) is 4.56. The number of nitrogens with zero attached hydrogens (tertiary/aromatic N) is 5. The van der Waals surface area contributed by atoms with Crippen LogP contribution in [0.1, 0.15) is 50.2 Å². The third-order valence-corrected chi connectivity index (χ3v) is 11.7. The van der Waals surface area contributed by atoms with Gasteiger partial charge in [0.1, 0.15) is 17.7 Å². The number of amides is 2. The van der Waals surface area contributed by atoms with Crippen molar-refractivity contribution in [2.24, 2.45) is 5.41 Å². The number of rotatable bonds is 5. The van der Waals surface area contributed by atoms with Crippen LogP contribution in [0.15, 0.2) is 85.1 Å². The molecule has 3 aliphatic rings.